The van der Waals surface area contributed by atoms with Crippen LogP contribution in [0.5, 0.6) is 0 Å². The molecule has 1 nitrogen and oxygen atoms in total. The number of aliphatic hydroxyl groups excluding tert-OH is 1. The van der Waals surface area contributed by atoms with Gasteiger partial charge in [-0.05, 0) is 49.4 Å². The summed E-state index contributed by atoms with van der Waals surface area (Å²) in [4.78, 5) is 0. The summed E-state index contributed by atoms with van der Waals surface area (Å²) in [5.74, 6) is 1.81. The summed E-state index contributed by atoms with van der Waals surface area (Å²) in [5.41, 5.74) is 0.435. The lowest BCUT2D eigenvalue weighted by Gasteiger charge is -2.33. The van der Waals surface area contributed by atoms with E-state index < -0.39 is 0 Å². The molecule has 4 unspecified atom stereocenters. The predicted molar refractivity (Wildman–Crippen MR) is 43.1 cm³/mol. The number of hydrogen-bond donors (Lipinski definition) is 1. The molecule has 3 aliphatic rings. The van der Waals surface area contributed by atoms with E-state index in [9.17, 15) is 5.11 Å². The summed E-state index contributed by atoms with van der Waals surface area (Å²) in [6, 6.07) is 0. The molecular formula is C10H16O. The van der Waals surface area contributed by atoms with Crippen molar-refractivity contribution in [1.29, 1.82) is 0 Å². The zero-order valence-electron chi connectivity index (χ0n) is 6.92. The highest BCUT2D eigenvalue weighted by molar-refractivity contribution is 5.09. The Labute approximate surface area is 67.8 Å². The van der Waals surface area contributed by atoms with Crippen molar-refractivity contribution in [3.05, 3.63) is 0 Å². The molecule has 2 bridgehead atoms. The van der Waals surface area contributed by atoms with Gasteiger partial charge < -0.3 is 5.11 Å². The Morgan fingerprint density at radius 1 is 1.27 bits per heavy atom. The van der Waals surface area contributed by atoms with Gasteiger partial charge in [-0.2, -0.15) is 0 Å². The lowest BCUT2D eigenvalue weighted by molar-refractivity contribution is 0.0173. The van der Waals surface area contributed by atoms with Gasteiger partial charge in [-0.25, -0.2) is 0 Å². The van der Waals surface area contributed by atoms with Gasteiger partial charge in [-0.1, -0.05) is 6.42 Å². The quantitative estimate of drug-likeness (QED) is 0.562. The van der Waals surface area contributed by atoms with Crippen molar-refractivity contribution in [2.45, 2.75) is 44.6 Å². The number of rotatable bonds is 0. The van der Waals surface area contributed by atoms with Crippen LogP contribution in [0.3, 0.4) is 0 Å². The summed E-state index contributed by atoms with van der Waals surface area (Å²) >= 11 is 0. The Balaban J connectivity index is 2.00. The number of aliphatic hydroxyl groups is 1. The summed E-state index contributed by atoms with van der Waals surface area (Å²) in [6.07, 6.45) is 8.12. The van der Waals surface area contributed by atoms with E-state index in [1.54, 1.807) is 0 Å². The van der Waals surface area contributed by atoms with Crippen molar-refractivity contribution in [3.63, 3.8) is 0 Å². The molecule has 3 rings (SSSR count). The van der Waals surface area contributed by atoms with Gasteiger partial charge in [0.1, 0.15) is 0 Å². The zero-order valence-corrected chi connectivity index (χ0v) is 6.92. The van der Waals surface area contributed by atoms with Crippen LogP contribution in [0.2, 0.25) is 0 Å². The fourth-order valence-electron chi connectivity index (χ4n) is 4.12. The molecule has 11 heavy (non-hydrogen) atoms. The van der Waals surface area contributed by atoms with Crippen molar-refractivity contribution in [1.82, 2.24) is 0 Å². The molecule has 1 N–H and O–H groups in total. The lowest BCUT2D eigenvalue weighted by Crippen LogP contribution is -2.33. The van der Waals surface area contributed by atoms with Gasteiger partial charge in [0.25, 0.3) is 0 Å². The minimum absolute atomic E-state index is 0.0775. The van der Waals surface area contributed by atoms with Gasteiger partial charge in [0.15, 0.2) is 0 Å². The summed E-state index contributed by atoms with van der Waals surface area (Å²) in [7, 11) is 0. The topological polar surface area (TPSA) is 20.2 Å². The van der Waals surface area contributed by atoms with Crippen molar-refractivity contribution in [2.24, 2.45) is 17.3 Å². The zero-order chi connectivity index (χ0) is 7.47. The van der Waals surface area contributed by atoms with Gasteiger partial charge in [0.2, 0.25) is 0 Å². The van der Waals surface area contributed by atoms with E-state index in [1.807, 2.05) is 0 Å². The molecule has 0 aromatic heterocycles. The first-order valence-corrected chi connectivity index (χ1v) is 4.99. The first-order chi connectivity index (χ1) is 5.31. The minimum Gasteiger partial charge on any atom is -0.393 e. The second-order valence-corrected chi connectivity index (χ2v) is 4.88. The van der Waals surface area contributed by atoms with E-state index in [0.29, 0.717) is 5.41 Å². The first-order valence-electron chi connectivity index (χ1n) is 4.99. The molecule has 62 valence electrons. The molecule has 0 aromatic rings. The molecule has 0 aliphatic heterocycles. The molecule has 4 atom stereocenters. The van der Waals surface area contributed by atoms with E-state index in [1.165, 1.54) is 32.1 Å². The maximum Gasteiger partial charge on any atom is 0.0601 e. The molecule has 0 saturated heterocycles. The molecule has 0 radical (unpaired) electrons. The average molecular weight is 152 g/mol. The van der Waals surface area contributed by atoms with Crippen LogP contribution in [0.15, 0.2) is 0 Å². The molecule has 3 fully saturated rings. The Morgan fingerprint density at radius 3 is 2.91 bits per heavy atom. The normalized spacial score (nSPS) is 60.3. The second-order valence-electron chi connectivity index (χ2n) is 4.88. The van der Waals surface area contributed by atoms with E-state index in [0.717, 1.165) is 18.3 Å². The van der Waals surface area contributed by atoms with Crippen LogP contribution in [0.25, 0.3) is 0 Å². The average Bonchev–Trinajstić information content (AvgIpc) is 2.49. The first kappa shape index (κ1) is 6.47. The molecule has 3 saturated carbocycles. The van der Waals surface area contributed by atoms with Gasteiger partial charge in [0.05, 0.1) is 6.10 Å². The van der Waals surface area contributed by atoms with Crippen LogP contribution in [0.4, 0.5) is 0 Å². The summed E-state index contributed by atoms with van der Waals surface area (Å²) in [6.45, 7) is 0. The molecule has 0 amide bonds. The van der Waals surface area contributed by atoms with E-state index in [4.69, 9.17) is 0 Å². The van der Waals surface area contributed by atoms with Crippen LogP contribution >= 0.6 is 0 Å². The summed E-state index contributed by atoms with van der Waals surface area (Å²) < 4.78 is 0. The van der Waals surface area contributed by atoms with Crippen LogP contribution in [-0.4, -0.2) is 11.2 Å². The molecule has 0 aromatic carbocycles. The molecular weight excluding hydrogens is 136 g/mol. The predicted octanol–water partition coefficient (Wildman–Crippen LogP) is 1.95. The van der Waals surface area contributed by atoms with E-state index >= 15 is 0 Å². The van der Waals surface area contributed by atoms with Gasteiger partial charge in [-0.15, -0.1) is 0 Å². The Morgan fingerprint density at radius 2 is 2.18 bits per heavy atom. The standard InChI is InChI=1S/C10H16O/c11-9-5-7-4-8-2-1-3-10(8,9)6-7/h7-9,11H,1-6H2. The number of hydrogen-bond acceptors (Lipinski definition) is 1. The highest BCUT2D eigenvalue weighted by Crippen LogP contribution is 2.64. The molecule has 1 heteroatoms. The Kier molecular flexibility index (Phi) is 1.07. The second kappa shape index (κ2) is 1.82. The van der Waals surface area contributed by atoms with Gasteiger partial charge in [-0.3, -0.25) is 0 Å². The van der Waals surface area contributed by atoms with Crippen LogP contribution < -0.4 is 0 Å². The Bertz CT molecular complexity index is 189. The van der Waals surface area contributed by atoms with Crippen LogP contribution in [-0.2, 0) is 0 Å². The molecule has 3 aliphatic carbocycles. The third-order valence-corrected chi connectivity index (χ3v) is 4.51. The van der Waals surface area contributed by atoms with Crippen molar-refractivity contribution >= 4 is 0 Å². The molecule has 0 heterocycles. The maximum atomic E-state index is 9.88. The third kappa shape index (κ3) is 0.618. The fraction of sp³-hybridized carbons (Fsp3) is 1.00. The highest BCUT2D eigenvalue weighted by atomic mass is 16.3. The van der Waals surface area contributed by atoms with E-state index in [-0.39, 0.29) is 6.10 Å². The SMILES string of the molecule is OC1CC2CC3CCCC13C2. The third-order valence-electron chi connectivity index (χ3n) is 4.51. The van der Waals surface area contributed by atoms with E-state index in [2.05, 4.69) is 0 Å². The summed E-state index contributed by atoms with van der Waals surface area (Å²) in [5, 5.41) is 9.88. The van der Waals surface area contributed by atoms with Crippen molar-refractivity contribution in [3.8, 4) is 0 Å². The molecule has 1 spiro atoms. The Hall–Kier alpha value is -0.0400. The highest BCUT2D eigenvalue weighted by Gasteiger charge is 2.58. The minimum atomic E-state index is 0.0775. The van der Waals surface area contributed by atoms with Gasteiger partial charge >= 0.3 is 0 Å². The van der Waals surface area contributed by atoms with Crippen LogP contribution in [0, 0.1) is 17.3 Å². The van der Waals surface area contributed by atoms with Crippen LogP contribution in [0.1, 0.15) is 38.5 Å². The number of fused-ring (bicyclic) bond motifs is 1. The lowest BCUT2D eigenvalue weighted by atomic mass is 9.75. The fourth-order valence-corrected chi connectivity index (χ4v) is 4.12. The maximum absolute atomic E-state index is 9.88. The largest absolute Gasteiger partial charge is 0.393 e. The van der Waals surface area contributed by atoms with Crippen molar-refractivity contribution < 1.29 is 5.11 Å². The smallest absolute Gasteiger partial charge is 0.0601 e. The monoisotopic (exact) mass is 152 g/mol. The van der Waals surface area contributed by atoms with Gasteiger partial charge in [0, 0.05) is 0 Å². The van der Waals surface area contributed by atoms with Crippen molar-refractivity contribution in [2.75, 3.05) is 0 Å².